The van der Waals surface area contributed by atoms with Crippen LogP contribution >= 0.6 is 0 Å². The van der Waals surface area contributed by atoms with E-state index >= 15 is 0 Å². The van der Waals surface area contributed by atoms with E-state index in [4.69, 9.17) is 14.2 Å². The van der Waals surface area contributed by atoms with Crippen molar-refractivity contribution in [1.82, 2.24) is 0 Å². The second-order valence-corrected chi connectivity index (χ2v) is 16.0. The molecule has 0 N–H and O–H groups in total. The van der Waals surface area contributed by atoms with Gasteiger partial charge in [-0.05, 0) is 44.9 Å². The molecule has 0 aliphatic carbocycles. The Bertz CT molecular complexity index is 935. The van der Waals surface area contributed by atoms with Crippen molar-refractivity contribution in [1.29, 1.82) is 0 Å². The van der Waals surface area contributed by atoms with E-state index in [1.807, 2.05) is 6.08 Å². The molecule has 0 spiro atoms. The minimum atomic E-state index is -0.558. The number of hydrogen-bond donors (Lipinski definition) is 0. The van der Waals surface area contributed by atoms with Gasteiger partial charge in [0.15, 0.2) is 6.10 Å². The lowest BCUT2D eigenvalue weighted by molar-refractivity contribution is -0.162. The highest BCUT2D eigenvalue weighted by Crippen LogP contribution is 2.15. The maximum absolute atomic E-state index is 12.7. The average molecular weight is 785 g/mol. The minimum Gasteiger partial charge on any atom is -0.462 e. The van der Waals surface area contributed by atoms with Crippen molar-refractivity contribution in [3.63, 3.8) is 0 Å². The summed E-state index contributed by atoms with van der Waals surface area (Å²) >= 11 is 0. The first kappa shape index (κ1) is 53.9. The molecule has 0 rings (SSSR count). The van der Waals surface area contributed by atoms with Crippen LogP contribution in [-0.4, -0.2) is 37.9 Å². The van der Waals surface area contributed by atoms with Crippen LogP contribution in [0.15, 0.2) is 48.6 Å². The Hall–Kier alpha value is -2.14. The predicted molar refractivity (Wildman–Crippen MR) is 242 cm³/mol. The van der Waals surface area contributed by atoms with Crippen LogP contribution < -0.4 is 0 Å². The number of unbranched alkanes of at least 4 members (excludes halogenated alkanes) is 25. The lowest BCUT2D eigenvalue weighted by atomic mass is 10.0. The van der Waals surface area contributed by atoms with Crippen LogP contribution in [0.5, 0.6) is 0 Å². The van der Waals surface area contributed by atoms with Gasteiger partial charge in [0.25, 0.3) is 0 Å². The van der Waals surface area contributed by atoms with Gasteiger partial charge in [-0.3, -0.25) is 9.59 Å². The van der Waals surface area contributed by atoms with Crippen molar-refractivity contribution in [2.75, 3.05) is 19.8 Å². The smallest absolute Gasteiger partial charge is 0.306 e. The van der Waals surface area contributed by atoms with Crippen LogP contribution in [-0.2, 0) is 23.8 Å². The van der Waals surface area contributed by atoms with Crippen LogP contribution in [0.3, 0.4) is 0 Å². The molecule has 0 fully saturated rings. The van der Waals surface area contributed by atoms with Gasteiger partial charge in [-0.1, -0.05) is 230 Å². The normalized spacial score (nSPS) is 12.6. The van der Waals surface area contributed by atoms with Crippen molar-refractivity contribution in [2.45, 2.75) is 245 Å². The first-order chi connectivity index (χ1) is 27.6. The highest BCUT2D eigenvalue weighted by Gasteiger charge is 2.17. The number of carbonyl (C=O) groups excluding carboxylic acids is 2. The standard InChI is InChI=1S/C51H92O5/c1-4-7-10-13-16-19-22-24-25-26-28-31-34-37-40-43-46-54-47-49(56-51(53)45-42-39-36-33-29-21-18-15-12-9-6-3)48-55-50(52)44-41-38-35-32-30-27-23-20-17-14-11-8-5-2/h8,11,17,20,27,30,35,38,49H,4-7,9-10,12-16,18-19,21-26,28-29,31-34,36-37,39-48H2,1-3H3/b11-8-,20-17-,30-27-,38-35-. The van der Waals surface area contributed by atoms with E-state index in [0.717, 1.165) is 51.4 Å². The number of hydrogen-bond acceptors (Lipinski definition) is 5. The molecule has 0 radical (unpaired) electrons. The van der Waals surface area contributed by atoms with Gasteiger partial charge in [-0.15, -0.1) is 0 Å². The van der Waals surface area contributed by atoms with E-state index in [1.54, 1.807) is 0 Å². The van der Waals surface area contributed by atoms with Crippen LogP contribution in [0.25, 0.3) is 0 Å². The molecule has 5 heteroatoms. The number of ether oxygens (including phenoxy) is 3. The quantitative estimate of drug-likeness (QED) is 0.0350. The summed E-state index contributed by atoms with van der Waals surface area (Å²) in [6, 6.07) is 0. The van der Waals surface area contributed by atoms with Gasteiger partial charge in [0.2, 0.25) is 0 Å². The molecule has 1 unspecified atom stereocenters. The van der Waals surface area contributed by atoms with E-state index in [0.29, 0.717) is 25.9 Å². The number of carbonyl (C=O) groups is 2. The Kier molecular flexibility index (Phi) is 45.4. The van der Waals surface area contributed by atoms with Gasteiger partial charge in [-0.25, -0.2) is 0 Å². The first-order valence-corrected chi connectivity index (χ1v) is 24.2. The largest absolute Gasteiger partial charge is 0.462 e. The molecule has 0 saturated carbocycles. The van der Waals surface area contributed by atoms with Gasteiger partial charge in [0, 0.05) is 19.4 Å². The fraction of sp³-hybridized carbons (Fsp3) is 0.804. The van der Waals surface area contributed by atoms with Gasteiger partial charge < -0.3 is 14.2 Å². The molecule has 0 aromatic rings. The Morgan fingerprint density at radius 2 is 0.804 bits per heavy atom. The summed E-state index contributed by atoms with van der Waals surface area (Å²) in [5, 5.41) is 0. The molecule has 5 nitrogen and oxygen atoms in total. The first-order valence-electron chi connectivity index (χ1n) is 24.2. The lowest BCUT2D eigenvalue weighted by Gasteiger charge is -2.18. The molecule has 0 bridgehead atoms. The Labute approximate surface area is 348 Å². The maximum atomic E-state index is 12.7. The number of rotatable bonds is 44. The molecule has 56 heavy (non-hydrogen) atoms. The van der Waals surface area contributed by atoms with Crippen molar-refractivity contribution >= 4 is 11.9 Å². The van der Waals surface area contributed by atoms with Gasteiger partial charge in [0.05, 0.1) is 6.61 Å². The number of esters is 2. The van der Waals surface area contributed by atoms with Crippen LogP contribution in [0, 0.1) is 0 Å². The molecular formula is C51H92O5. The average Bonchev–Trinajstić information content (AvgIpc) is 3.20. The topological polar surface area (TPSA) is 61.8 Å². The molecule has 0 aromatic heterocycles. The summed E-state index contributed by atoms with van der Waals surface area (Å²) in [5.41, 5.74) is 0. The Morgan fingerprint density at radius 1 is 0.411 bits per heavy atom. The van der Waals surface area contributed by atoms with Crippen LogP contribution in [0.4, 0.5) is 0 Å². The monoisotopic (exact) mass is 785 g/mol. The van der Waals surface area contributed by atoms with Crippen molar-refractivity contribution in [3.05, 3.63) is 48.6 Å². The zero-order valence-corrected chi connectivity index (χ0v) is 37.4. The summed E-state index contributed by atoms with van der Waals surface area (Å²) in [7, 11) is 0. The van der Waals surface area contributed by atoms with Crippen LogP contribution in [0.1, 0.15) is 239 Å². The Morgan fingerprint density at radius 3 is 1.25 bits per heavy atom. The van der Waals surface area contributed by atoms with E-state index in [1.165, 1.54) is 148 Å². The molecule has 0 amide bonds. The van der Waals surface area contributed by atoms with E-state index in [2.05, 4.69) is 63.3 Å². The maximum Gasteiger partial charge on any atom is 0.306 e. The van der Waals surface area contributed by atoms with E-state index in [-0.39, 0.29) is 25.2 Å². The molecular weight excluding hydrogens is 693 g/mol. The second-order valence-electron chi connectivity index (χ2n) is 16.0. The molecule has 1 atom stereocenters. The third-order valence-corrected chi connectivity index (χ3v) is 10.4. The minimum absolute atomic E-state index is 0.0516. The van der Waals surface area contributed by atoms with Crippen molar-refractivity contribution in [2.24, 2.45) is 0 Å². The van der Waals surface area contributed by atoms with Gasteiger partial charge >= 0.3 is 11.9 Å². The summed E-state index contributed by atoms with van der Waals surface area (Å²) < 4.78 is 17.3. The number of allylic oxidation sites excluding steroid dienone is 8. The molecule has 0 aliphatic rings. The van der Waals surface area contributed by atoms with E-state index in [9.17, 15) is 9.59 Å². The highest BCUT2D eigenvalue weighted by atomic mass is 16.6. The fourth-order valence-corrected chi connectivity index (χ4v) is 6.82. The molecule has 0 aromatic carbocycles. The Balaban J connectivity index is 4.29. The lowest BCUT2D eigenvalue weighted by Crippen LogP contribution is -2.30. The highest BCUT2D eigenvalue weighted by molar-refractivity contribution is 5.70. The van der Waals surface area contributed by atoms with Crippen molar-refractivity contribution in [3.8, 4) is 0 Å². The molecule has 0 aliphatic heterocycles. The summed E-state index contributed by atoms with van der Waals surface area (Å²) in [5.74, 6) is -0.482. The predicted octanol–water partition coefficient (Wildman–Crippen LogP) is 16.0. The van der Waals surface area contributed by atoms with Crippen molar-refractivity contribution < 1.29 is 23.8 Å². The third-order valence-electron chi connectivity index (χ3n) is 10.4. The zero-order valence-electron chi connectivity index (χ0n) is 37.4. The fourth-order valence-electron chi connectivity index (χ4n) is 6.82. The second kappa shape index (κ2) is 47.2. The summed E-state index contributed by atoms with van der Waals surface area (Å²) in [6.07, 6.45) is 57.0. The SMILES string of the molecule is CC/C=C\C/C=C\C/C=C\C/C=C\CCC(=O)OCC(COCCCCCCCCCCCCCCCCCC)OC(=O)CCCCCCCCCCCCC. The molecule has 0 heterocycles. The van der Waals surface area contributed by atoms with E-state index < -0.39 is 6.10 Å². The van der Waals surface area contributed by atoms with Gasteiger partial charge in [-0.2, -0.15) is 0 Å². The summed E-state index contributed by atoms with van der Waals surface area (Å²) in [4.78, 5) is 25.2. The third kappa shape index (κ3) is 44.6. The van der Waals surface area contributed by atoms with Gasteiger partial charge in [0.1, 0.15) is 6.61 Å². The summed E-state index contributed by atoms with van der Waals surface area (Å²) in [6.45, 7) is 7.66. The van der Waals surface area contributed by atoms with Crippen LogP contribution in [0.2, 0.25) is 0 Å². The molecule has 326 valence electrons. The zero-order chi connectivity index (χ0) is 40.7. The molecule has 0 saturated heterocycles.